The SMILES string of the molecule is C#CCOCC(O)COCC(F)(F)OC(F)(F)COCOCCOCC(O)COCC(O)COCCc1cccs1. The molecule has 11 nitrogen and oxygen atoms in total. The van der Waals surface area contributed by atoms with Crippen LogP contribution in [0.2, 0.25) is 0 Å². The van der Waals surface area contributed by atoms with Crippen LogP contribution in [0, 0.1) is 12.3 Å². The van der Waals surface area contributed by atoms with Gasteiger partial charge in [0.2, 0.25) is 0 Å². The van der Waals surface area contributed by atoms with E-state index in [1.54, 1.807) is 11.3 Å². The number of ether oxygens (including phenoxy) is 8. The quantitative estimate of drug-likeness (QED) is 0.0567. The molecular weight excluding hydrogens is 584 g/mol. The lowest BCUT2D eigenvalue weighted by Crippen LogP contribution is -2.40. The monoisotopic (exact) mass is 622 g/mol. The molecule has 0 spiro atoms. The Morgan fingerprint density at radius 2 is 1.27 bits per heavy atom. The Morgan fingerprint density at radius 1 is 0.732 bits per heavy atom. The summed E-state index contributed by atoms with van der Waals surface area (Å²) in [6.07, 6.45) is -6.13. The predicted molar refractivity (Wildman–Crippen MR) is 137 cm³/mol. The molecule has 1 aromatic heterocycles. The number of aliphatic hydroxyl groups is 3. The molecule has 0 saturated carbocycles. The fourth-order valence-electron chi connectivity index (χ4n) is 2.79. The molecule has 3 N–H and O–H groups in total. The highest BCUT2D eigenvalue weighted by Gasteiger charge is 2.44. The molecular formula is C25H38F4O11S. The minimum absolute atomic E-state index is 0.0247. The second-order valence-electron chi connectivity index (χ2n) is 8.46. The van der Waals surface area contributed by atoms with Crippen LogP contribution in [0.1, 0.15) is 4.88 Å². The Hall–Kier alpha value is -1.46. The van der Waals surface area contributed by atoms with Crippen molar-refractivity contribution in [3.63, 3.8) is 0 Å². The summed E-state index contributed by atoms with van der Waals surface area (Å²) in [6.45, 7) is -4.50. The zero-order valence-corrected chi connectivity index (χ0v) is 23.3. The molecule has 0 aliphatic carbocycles. The third kappa shape index (κ3) is 21.8. The van der Waals surface area contributed by atoms with Gasteiger partial charge < -0.3 is 48.5 Å². The van der Waals surface area contributed by atoms with Gasteiger partial charge >= 0.3 is 12.2 Å². The van der Waals surface area contributed by atoms with Gasteiger partial charge in [-0.3, -0.25) is 4.74 Å². The zero-order valence-electron chi connectivity index (χ0n) is 22.5. The van der Waals surface area contributed by atoms with Crippen LogP contribution in [0.4, 0.5) is 17.6 Å². The standard InChI is InChI=1S/C25H38F4O11S/c1-2-6-33-11-22(32)16-38-17-24(26,27)40-25(28,29)18-39-19-36-9-8-35-13-21(31)15-37-14-20(30)12-34-7-5-23-4-3-10-41-23/h1,3-4,10,20-22,30-32H,5-9,11-19H2. The van der Waals surface area contributed by atoms with E-state index in [0.29, 0.717) is 6.61 Å². The summed E-state index contributed by atoms with van der Waals surface area (Å²) in [6, 6.07) is 3.95. The number of hydrogen-bond donors (Lipinski definition) is 3. The van der Waals surface area contributed by atoms with E-state index in [1.807, 2.05) is 17.5 Å². The fraction of sp³-hybridized carbons (Fsp3) is 0.760. The Morgan fingerprint density at radius 3 is 1.88 bits per heavy atom. The minimum atomic E-state index is -4.36. The van der Waals surface area contributed by atoms with Crippen molar-refractivity contribution in [2.24, 2.45) is 0 Å². The highest BCUT2D eigenvalue weighted by Crippen LogP contribution is 2.27. The second-order valence-corrected chi connectivity index (χ2v) is 9.50. The molecule has 1 heterocycles. The van der Waals surface area contributed by atoms with Gasteiger partial charge in [-0.1, -0.05) is 12.0 Å². The molecule has 0 amide bonds. The van der Waals surface area contributed by atoms with Gasteiger partial charge in [0.15, 0.2) is 0 Å². The summed E-state index contributed by atoms with van der Waals surface area (Å²) in [7, 11) is 0. The number of halogens is 4. The van der Waals surface area contributed by atoms with Crippen LogP contribution in [-0.4, -0.2) is 132 Å². The van der Waals surface area contributed by atoms with Crippen LogP contribution in [0.15, 0.2) is 17.5 Å². The highest BCUT2D eigenvalue weighted by molar-refractivity contribution is 7.09. The lowest BCUT2D eigenvalue weighted by molar-refractivity contribution is -0.396. The summed E-state index contributed by atoms with van der Waals surface area (Å²) in [5.41, 5.74) is 0. The van der Waals surface area contributed by atoms with Crippen molar-refractivity contribution in [1.82, 2.24) is 0 Å². The third-order valence-corrected chi connectivity index (χ3v) is 5.43. The van der Waals surface area contributed by atoms with Gasteiger partial charge in [-0.05, 0) is 11.4 Å². The second kappa shape index (κ2) is 22.1. The topological polar surface area (TPSA) is 135 Å². The molecule has 0 saturated heterocycles. The van der Waals surface area contributed by atoms with Crippen molar-refractivity contribution in [1.29, 1.82) is 0 Å². The first-order valence-corrected chi connectivity index (χ1v) is 13.4. The highest BCUT2D eigenvalue weighted by atomic mass is 32.1. The number of rotatable bonds is 27. The molecule has 1 aromatic rings. The number of terminal acetylenes is 1. The van der Waals surface area contributed by atoms with Gasteiger partial charge in [-0.25, -0.2) is 0 Å². The summed E-state index contributed by atoms with van der Waals surface area (Å²) >= 11 is 1.63. The number of alkyl halides is 4. The summed E-state index contributed by atoms with van der Waals surface area (Å²) in [5.74, 6) is 2.14. The van der Waals surface area contributed by atoms with Crippen LogP contribution in [-0.2, 0) is 44.3 Å². The number of thiophene rings is 1. The first-order valence-electron chi connectivity index (χ1n) is 12.5. The first kappa shape index (κ1) is 37.6. The van der Waals surface area contributed by atoms with Crippen molar-refractivity contribution in [3.05, 3.63) is 22.4 Å². The fourth-order valence-corrected chi connectivity index (χ4v) is 3.48. The van der Waals surface area contributed by atoms with Gasteiger partial charge in [0.25, 0.3) is 0 Å². The van der Waals surface area contributed by atoms with Crippen molar-refractivity contribution in [3.8, 4) is 12.3 Å². The van der Waals surface area contributed by atoms with E-state index in [4.69, 9.17) is 30.1 Å². The smallest absolute Gasteiger partial charge is 0.383 e. The normalized spacial score (nSPS) is 14.6. The maximum absolute atomic E-state index is 13.6. The van der Waals surface area contributed by atoms with Crippen molar-refractivity contribution < 1.29 is 70.8 Å². The number of aliphatic hydroxyl groups excluding tert-OH is 3. The molecule has 0 aliphatic rings. The summed E-state index contributed by atoms with van der Waals surface area (Å²) in [4.78, 5) is 1.19. The van der Waals surface area contributed by atoms with Crippen molar-refractivity contribution in [2.45, 2.75) is 36.9 Å². The molecule has 0 aromatic carbocycles. The van der Waals surface area contributed by atoms with Crippen LogP contribution >= 0.6 is 11.3 Å². The van der Waals surface area contributed by atoms with E-state index < -0.39 is 57.1 Å². The van der Waals surface area contributed by atoms with Crippen LogP contribution in [0.25, 0.3) is 0 Å². The van der Waals surface area contributed by atoms with Gasteiger partial charge in [0.05, 0.1) is 59.5 Å². The zero-order chi connectivity index (χ0) is 30.4. The summed E-state index contributed by atoms with van der Waals surface area (Å²) in [5, 5.41) is 31.0. The molecule has 16 heteroatoms. The largest absolute Gasteiger partial charge is 0.388 e. The lowest BCUT2D eigenvalue weighted by Gasteiger charge is -2.24. The van der Waals surface area contributed by atoms with E-state index in [9.17, 15) is 32.9 Å². The van der Waals surface area contributed by atoms with E-state index in [2.05, 4.69) is 20.1 Å². The maximum atomic E-state index is 13.6. The van der Waals surface area contributed by atoms with Crippen LogP contribution < -0.4 is 0 Å². The molecule has 3 atom stereocenters. The van der Waals surface area contributed by atoms with Gasteiger partial charge in [0, 0.05) is 11.3 Å². The first-order chi connectivity index (χ1) is 19.5. The third-order valence-electron chi connectivity index (χ3n) is 4.50. The van der Waals surface area contributed by atoms with Gasteiger partial charge in [-0.15, -0.1) is 17.8 Å². The van der Waals surface area contributed by atoms with Gasteiger partial charge in [0.1, 0.15) is 44.9 Å². The van der Waals surface area contributed by atoms with Crippen LogP contribution in [0.3, 0.4) is 0 Å². The molecule has 41 heavy (non-hydrogen) atoms. The minimum Gasteiger partial charge on any atom is -0.388 e. The molecule has 0 radical (unpaired) electrons. The Labute approximate surface area is 240 Å². The molecule has 0 aliphatic heterocycles. The molecule has 238 valence electrons. The molecule has 3 unspecified atom stereocenters. The van der Waals surface area contributed by atoms with Crippen molar-refractivity contribution in [2.75, 3.05) is 86.1 Å². The van der Waals surface area contributed by atoms with Gasteiger partial charge in [-0.2, -0.15) is 17.6 Å². The molecule has 0 bridgehead atoms. The maximum Gasteiger partial charge on any atom is 0.383 e. The van der Waals surface area contributed by atoms with Crippen molar-refractivity contribution >= 4 is 11.3 Å². The number of hydrogen-bond acceptors (Lipinski definition) is 12. The molecule has 0 fully saturated rings. The Kier molecular flexibility index (Phi) is 20.3. The van der Waals surface area contributed by atoms with E-state index in [1.165, 1.54) is 4.88 Å². The van der Waals surface area contributed by atoms with Crippen LogP contribution in [0.5, 0.6) is 0 Å². The van der Waals surface area contributed by atoms with E-state index in [-0.39, 0.29) is 52.9 Å². The summed E-state index contributed by atoms with van der Waals surface area (Å²) < 4.78 is 92.2. The van der Waals surface area contributed by atoms with E-state index >= 15 is 0 Å². The van der Waals surface area contributed by atoms with E-state index in [0.717, 1.165) is 6.42 Å². The Balaban J connectivity index is 1.98. The average Bonchev–Trinajstić information content (AvgIpc) is 3.41. The Bertz CT molecular complexity index is 799. The molecule has 1 rings (SSSR count). The lowest BCUT2D eigenvalue weighted by atomic mass is 10.3. The predicted octanol–water partition coefficient (Wildman–Crippen LogP) is 1.28. The average molecular weight is 623 g/mol.